The van der Waals surface area contributed by atoms with Crippen molar-refractivity contribution in [2.45, 2.75) is 0 Å². The number of hydrogen-bond donors (Lipinski definition) is 1. The van der Waals surface area contributed by atoms with Crippen LogP contribution in [-0.2, 0) is 0 Å². The summed E-state index contributed by atoms with van der Waals surface area (Å²) in [5.74, 6) is -0.219. The first-order valence-corrected chi connectivity index (χ1v) is 5.75. The Morgan fingerprint density at radius 2 is 2.13 bits per heavy atom. The average Bonchev–Trinajstić information content (AvgIpc) is 2.66. The molecule has 2 rings (SSSR count). The molecule has 0 spiro atoms. The van der Waals surface area contributed by atoms with Crippen molar-refractivity contribution in [3.05, 3.63) is 39.5 Å². The van der Waals surface area contributed by atoms with E-state index in [1.807, 2.05) is 0 Å². The Morgan fingerprint density at radius 3 is 2.73 bits per heavy atom. The number of nitrogens with zero attached hydrogens (tertiary/aromatic N) is 2. The first kappa shape index (κ1) is 10.3. The molecule has 0 atom stereocenters. The number of hydrogen-bond acceptors (Lipinski definition) is 4. The van der Waals surface area contributed by atoms with Crippen molar-refractivity contribution in [2.75, 3.05) is 5.32 Å². The summed E-state index contributed by atoms with van der Waals surface area (Å²) >= 11 is 4.58. The van der Waals surface area contributed by atoms with Gasteiger partial charge >= 0.3 is 0 Å². The molecule has 0 aliphatic carbocycles. The highest BCUT2D eigenvalue weighted by atomic mass is 79.9. The second kappa shape index (κ2) is 4.50. The summed E-state index contributed by atoms with van der Waals surface area (Å²) in [6, 6.07) is 3.44. The van der Waals surface area contributed by atoms with E-state index in [-0.39, 0.29) is 5.91 Å². The van der Waals surface area contributed by atoms with Gasteiger partial charge in [0.15, 0.2) is 3.92 Å². The van der Waals surface area contributed by atoms with Crippen LogP contribution in [0.5, 0.6) is 0 Å². The zero-order chi connectivity index (χ0) is 10.7. The molecule has 6 heteroatoms. The van der Waals surface area contributed by atoms with Gasteiger partial charge in [-0.05, 0) is 28.1 Å². The predicted octanol–water partition coefficient (Wildman–Crippen LogP) is 2.55. The van der Waals surface area contributed by atoms with Gasteiger partial charge in [-0.25, -0.2) is 4.98 Å². The van der Waals surface area contributed by atoms with Gasteiger partial charge < -0.3 is 5.32 Å². The summed E-state index contributed by atoms with van der Waals surface area (Å²) in [6.07, 6.45) is 3.24. The number of thiazole rings is 1. The van der Waals surface area contributed by atoms with Gasteiger partial charge in [0.25, 0.3) is 5.91 Å². The number of nitrogens with one attached hydrogen (secondary N) is 1. The fourth-order valence-electron chi connectivity index (χ4n) is 0.987. The second-order valence-electron chi connectivity index (χ2n) is 2.68. The Hall–Kier alpha value is -1.27. The molecular weight excluding hydrogens is 278 g/mol. The molecule has 15 heavy (non-hydrogen) atoms. The zero-order valence-electron chi connectivity index (χ0n) is 7.48. The topological polar surface area (TPSA) is 54.9 Å². The maximum atomic E-state index is 11.6. The third-order valence-corrected chi connectivity index (χ3v) is 3.01. The number of halogens is 1. The molecule has 0 aromatic carbocycles. The van der Waals surface area contributed by atoms with E-state index in [2.05, 4.69) is 31.2 Å². The van der Waals surface area contributed by atoms with Crippen molar-refractivity contribution >= 4 is 38.9 Å². The molecule has 0 saturated heterocycles. The lowest BCUT2D eigenvalue weighted by molar-refractivity contribution is 0.102. The summed E-state index contributed by atoms with van der Waals surface area (Å²) in [5.41, 5.74) is 1.11. The minimum Gasteiger partial charge on any atom is -0.321 e. The molecule has 2 aromatic rings. The van der Waals surface area contributed by atoms with E-state index >= 15 is 0 Å². The lowest BCUT2D eigenvalue weighted by atomic mass is 10.4. The molecule has 0 fully saturated rings. The second-order valence-corrected chi connectivity index (χ2v) is 4.81. The smallest absolute Gasteiger partial charge is 0.275 e. The molecule has 0 aliphatic rings. The van der Waals surface area contributed by atoms with Crippen LogP contribution in [0.25, 0.3) is 0 Å². The molecule has 0 bridgehead atoms. The average molecular weight is 284 g/mol. The summed E-state index contributed by atoms with van der Waals surface area (Å²) in [6.45, 7) is 0. The molecule has 0 unspecified atom stereocenters. The maximum absolute atomic E-state index is 11.6. The van der Waals surface area contributed by atoms with Crippen LogP contribution < -0.4 is 5.32 Å². The molecule has 0 saturated carbocycles. The molecule has 2 aromatic heterocycles. The van der Waals surface area contributed by atoms with Gasteiger partial charge in [0.1, 0.15) is 5.69 Å². The van der Waals surface area contributed by atoms with Gasteiger partial charge in [-0.3, -0.25) is 9.78 Å². The molecular formula is C9H6BrN3OS. The number of anilines is 1. The van der Waals surface area contributed by atoms with Gasteiger partial charge in [0.2, 0.25) is 0 Å². The van der Waals surface area contributed by atoms with E-state index in [9.17, 15) is 4.79 Å². The van der Waals surface area contributed by atoms with E-state index in [1.54, 1.807) is 29.9 Å². The number of amides is 1. The fourth-order valence-corrected chi connectivity index (χ4v) is 1.98. The summed E-state index contributed by atoms with van der Waals surface area (Å²) in [5, 5.41) is 4.41. The fraction of sp³-hybridized carbons (Fsp3) is 0. The standard InChI is InChI=1S/C9H6BrN3OS/c10-9-13-7(5-15-9)8(14)12-6-1-3-11-4-2-6/h1-5H,(H,11,12,14). The largest absolute Gasteiger partial charge is 0.321 e. The lowest BCUT2D eigenvalue weighted by Gasteiger charge is -2.00. The van der Waals surface area contributed by atoms with E-state index in [4.69, 9.17) is 0 Å². The molecule has 0 radical (unpaired) electrons. The van der Waals surface area contributed by atoms with Crippen LogP contribution >= 0.6 is 27.3 Å². The molecule has 4 nitrogen and oxygen atoms in total. The summed E-state index contributed by atoms with van der Waals surface area (Å²) in [7, 11) is 0. The molecule has 76 valence electrons. The SMILES string of the molecule is O=C(Nc1ccncc1)c1csc(Br)n1. The maximum Gasteiger partial charge on any atom is 0.275 e. The Kier molecular flexibility index (Phi) is 3.08. The van der Waals surface area contributed by atoms with Crippen molar-refractivity contribution in [2.24, 2.45) is 0 Å². The number of carbonyl (C=O) groups is 1. The van der Waals surface area contributed by atoms with Crippen LogP contribution in [0.2, 0.25) is 0 Å². The predicted molar refractivity (Wildman–Crippen MR) is 62.0 cm³/mol. The van der Waals surface area contributed by atoms with Crippen molar-refractivity contribution in [3.8, 4) is 0 Å². The van der Waals surface area contributed by atoms with Gasteiger partial charge in [-0.15, -0.1) is 11.3 Å². The Labute approximate surface area is 98.5 Å². The molecule has 0 aliphatic heterocycles. The van der Waals surface area contributed by atoms with E-state index in [1.165, 1.54) is 11.3 Å². The quantitative estimate of drug-likeness (QED) is 0.922. The molecule has 1 N–H and O–H groups in total. The number of aromatic nitrogens is 2. The third-order valence-electron chi connectivity index (χ3n) is 1.65. The highest BCUT2D eigenvalue weighted by Crippen LogP contribution is 2.16. The van der Waals surface area contributed by atoms with E-state index < -0.39 is 0 Å². The normalized spacial score (nSPS) is 9.93. The third kappa shape index (κ3) is 2.60. The summed E-state index contributed by atoms with van der Waals surface area (Å²) < 4.78 is 0.697. The van der Waals surface area contributed by atoms with Crippen LogP contribution in [0.1, 0.15) is 10.5 Å². The van der Waals surface area contributed by atoms with Crippen molar-refractivity contribution < 1.29 is 4.79 Å². The molecule has 2 heterocycles. The molecule has 1 amide bonds. The van der Waals surface area contributed by atoms with Crippen LogP contribution in [0, 0.1) is 0 Å². The van der Waals surface area contributed by atoms with Crippen molar-refractivity contribution in [3.63, 3.8) is 0 Å². The van der Waals surface area contributed by atoms with Gasteiger partial charge in [-0.2, -0.15) is 0 Å². The summed E-state index contributed by atoms with van der Waals surface area (Å²) in [4.78, 5) is 19.5. The number of pyridine rings is 1. The first-order valence-electron chi connectivity index (χ1n) is 4.08. The van der Waals surface area contributed by atoms with Crippen LogP contribution in [0.4, 0.5) is 5.69 Å². The number of rotatable bonds is 2. The zero-order valence-corrected chi connectivity index (χ0v) is 9.88. The van der Waals surface area contributed by atoms with Crippen LogP contribution in [0.3, 0.4) is 0 Å². The van der Waals surface area contributed by atoms with Gasteiger partial charge in [-0.1, -0.05) is 0 Å². The van der Waals surface area contributed by atoms with Crippen molar-refractivity contribution in [1.82, 2.24) is 9.97 Å². The monoisotopic (exact) mass is 283 g/mol. The minimum atomic E-state index is -0.219. The lowest BCUT2D eigenvalue weighted by Crippen LogP contribution is -2.12. The highest BCUT2D eigenvalue weighted by Gasteiger charge is 2.09. The highest BCUT2D eigenvalue weighted by molar-refractivity contribution is 9.11. The van der Waals surface area contributed by atoms with Gasteiger partial charge in [0, 0.05) is 23.5 Å². The Balaban J connectivity index is 2.11. The van der Waals surface area contributed by atoms with Crippen LogP contribution in [0.15, 0.2) is 33.8 Å². The van der Waals surface area contributed by atoms with E-state index in [0.717, 1.165) is 0 Å². The van der Waals surface area contributed by atoms with E-state index in [0.29, 0.717) is 15.3 Å². The Bertz CT molecular complexity index is 471. The van der Waals surface area contributed by atoms with Crippen LogP contribution in [-0.4, -0.2) is 15.9 Å². The number of carbonyl (C=O) groups excluding carboxylic acids is 1. The van der Waals surface area contributed by atoms with Crippen molar-refractivity contribution in [1.29, 1.82) is 0 Å². The first-order chi connectivity index (χ1) is 7.25. The Morgan fingerprint density at radius 1 is 1.40 bits per heavy atom. The minimum absolute atomic E-state index is 0.219. The van der Waals surface area contributed by atoms with Gasteiger partial charge in [0.05, 0.1) is 0 Å².